The van der Waals surface area contributed by atoms with Gasteiger partial charge in [0.05, 0.1) is 0 Å². The molecule has 4 nitrogen and oxygen atoms in total. The van der Waals surface area contributed by atoms with E-state index >= 15 is 0 Å². The third-order valence-electron chi connectivity index (χ3n) is 5.05. The van der Waals surface area contributed by atoms with Crippen molar-refractivity contribution < 1.29 is 14.0 Å². The lowest BCUT2D eigenvalue weighted by Gasteiger charge is -2.30. The minimum atomic E-state index is -0.534. The molecule has 0 radical (unpaired) electrons. The van der Waals surface area contributed by atoms with Crippen LogP contribution in [0, 0.1) is 5.82 Å². The lowest BCUT2D eigenvalue weighted by molar-refractivity contribution is -0.141. The average Bonchev–Trinajstić information content (AvgIpc) is 2.78. The minimum Gasteiger partial charge on any atom is -0.354 e. The Labute approximate surface area is 189 Å². The molecule has 0 saturated heterocycles. The molecular formula is C25H33FN2O2S. The first kappa shape index (κ1) is 24.9. The van der Waals surface area contributed by atoms with Crippen molar-refractivity contribution in [3.05, 3.63) is 71.5 Å². The zero-order valence-corrected chi connectivity index (χ0v) is 19.3. The molecule has 2 aromatic carbocycles. The van der Waals surface area contributed by atoms with Gasteiger partial charge >= 0.3 is 0 Å². The molecule has 0 heterocycles. The number of benzene rings is 2. The molecule has 0 bridgehead atoms. The van der Waals surface area contributed by atoms with Crippen LogP contribution < -0.4 is 5.32 Å². The van der Waals surface area contributed by atoms with Crippen LogP contribution in [0.4, 0.5) is 4.39 Å². The SMILES string of the molecule is CCCCNC(=O)[C@H](CC)N(Cc1ccc(F)cc1)C(=O)CCSCc1ccccc1. The second-order valence-electron chi connectivity index (χ2n) is 7.50. The molecule has 0 saturated carbocycles. The van der Waals surface area contributed by atoms with Crippen LogP contribution in [0.2, 0.25) is 0 Å². The van der Waals surface area contributed by atoms with Gasteiger partial charge in [-0.05, 0) is 36.1 Å². The van der Waals surface area contributed by atoms with E-state index in [0.29, 0.717) is 31.7 Å². The molecule has 6 heteroatoms. The number of hydrogen-bond acceptors (Lipinski definition) is 3. The van der Waals surface area contributed by atoms with Crippen molar-refractivity contribution in [3.8, 4) is 0 Å². The molecule has 0 fully saturated rings. The van der Waals surface area contributed by atoms with E-state index in [1.54, 1.807) is 28.8 Å². The Kier molecular flexibility index (Phi) is 11.1. The Morgan fingerprint density at radius 1 is 1.03 bits per heavy atom. The van der Waals surface area contributed by atoms with Crippen molar-refractivity contribution in [2.24, 2.45) is 0 Å². The third kappa shape index (κ3) is 8.74. The number of unbranched alkanes of at least 4 members (excludes halogenated alkanes) is 1. The fraction of sp³-hybridized carbons (Fsp3) is 0.440. The Morgan fingerprint density at radius 2 is 1.74 bits per heavy atom. The summed E-state index contributed by atoms with van der Waals surface area (Å²) in [4.78, 5) is 27.6. The number of nitrogens with zero attached hydrogens (tertiary/aromatic N) is 1. The zero-order chi connectivity index (χ0) is 22.5. The number of amides is 2. The van der Waals surface area contributed by atoms with E-state index in [9.17, 15) is 14.0 Å². The highest BCUT2D eigenvalue weighted by atomic mass is 32.2. The highest BCUT2D eigenvalue weighted by Crippen LogP contribution is 2.17. The molecule has 2 amide bonds. The van der Waals surface area contributed by atoms with Crippen LogP contribution in [-0.4, -0.2) is 35.1 Å². The average molecular weight is 445 g/mol. The van der Waals surface area contributed by atoms with Crippen LogP contribution in [0.3, 0.4) is 0 Å². The fourth-order valence-corrected chi connectivity index (χ4v) is 4.17. The topological polar surface area (TPSA) is 49.4 Å². The molecule has 0 aliphatic rings. The fourth-order valence-electron chi connectivity index (χ4n) is 3.28. The summed E-state index contributed by atoms with van der Waals surface area (Å²) in [6, 6.07) is 15.7. The Hall–Kier alpha value is -2.34. The maximum Gasteiger partial charge on any atom is 0.242 e. The van der Waals surface area contributed by atoms with Gasteiger partial charge in [-0.25, -0.2) is 4.39 Å². The number of carbonyl (C=O) groups excluding carboxylic acids is 2. The number of thioether (sulfide) groups is 1. The van der Waals surface area contributed by atoms with E-state index in [4.69, 9.17) is 0 Å². The monoisotopic (exact) mass is 444 g/mol. The summed E-state index contributed by atoms with van der Waals surface area (Å²) in [5.74, 6) is 1.04. The van der Waals surface area contributed by atoms with Crippen molar-refractivity contribution in [2.75, 3.05) is 12.3 Å². The highest BCUT2D eigenvalue weighted by Gasteiger charge is 2.28. The predicted octanol–water partition coefficient (Wildman–Crippen LogP) is 5.17. The molecule has 2 rings (SSSR count). The van der Waals surface area contributed by atoms with Crippen LogP contribution in [0.15, 0.2) is 54.6 Å². The second-order valence-corrected chi connectivity index (χ2v) is 8.61. The van der Waals surface area contributed by atoms with E-state index < -0.39 is 6.04 Å². The maximum absolute atomic E-state index is 13.3. The van der Waals surface area contributed by atoms with Crippen molar-refractivity contribution in [2.45, 2.75) is 57.9 Å². The first-order chi connectivity index (χ1) is 15.0. The van der Waals surface area contributed by atoms with Crippen LogP contribution in [0.1, 0.15) is 50.7 Å². The van der Waals surface area contributed by atoms with Gasteiger partial charge in [-0.15, -0.1) is 0 Å². The van der Waals surface area contributed by atoms with Gasteiger partial charge in [-0.1, -0.05) is 62.7 Å². The number of nitrogens with one attached hydrogen (secondary N) is 1. The molecule has 168 valence electrons. The van der Waals surface area contributed by atoms with Gasteiger partial charge in [0.25, 0.3) is 0 Å². The molecule has 1 N–H and O–H groups in total. The van der Waals surface area contributed by atoms with Gasteiger partial charge in [0.1, 0.15) is 11.9 Å². The van der Waals surface area contributed by atoms with Gasteiger partial charge in [0.2, 0.25) is 11.8 Å². The normalized spacial score (nSPS) is 11.7. The number of hydrogen-bond donors (Lipinski definition) is 1. The zero-order valence-electron chi connectivity index (χ0n) is 18.5. The standard InChI is InChI=1S/C25H33FN2O2S/c1-3-5-16-27-25(30)23(4-2)28(18-20-11-13-22(26)14-12-20)24(29)15-17-31-19-21-9-7-6-8-10-21/h6-14,23H,3-5,15-19H2,1-2H3,(H,27,30)/t23-/m0/s1. The first-order valence-corrected chi connectivity index (χ1v) is 12.1. The van der Waals surface area contributed by atoms with E-state index in [-0.39, 0.29) is 17.6 Å². The molecule has 0 aliphatic heterocycles. The quantitative estimate of drug-likeness (QED) is 0.434. The van der Waals surface area contributed by atoms with Crippen molar-refractivity contribution in [1.29, 1.82) is 0 Å². The Balaban J connectivity index is 2.02. The molecule has 0 spiro atoms. The first-order valence-electron chi connectivity index (χ1n) is 11.0. The van der Waals surface area contributed by atoms with Crippen molar-refractivity contribution in [3.63, 3.8) is 0 Å². The van der Waals surface area contributed by atoms with E-state index in [2.05, 4.69) is 24.4 Å². The van der Waals surface area contributed by atoms with Gasteiger partial charge in [-0.2, -0.15) is 11.8 Å². The minimum absolute atomic E-state index is 0.0534. The predicted molar refractivity (Wildman–Crippen MR) is 126 cm³/mol. The van der Waals surface area contributed by atoms with Gasteiger partial charge in [-0.3, -0.25) is 9.59 Å². The summed E-state index contributed by atoms with van der Waals surface area (Å²) in [5.41, 5.74) is 2.04. The highest BCUT2D eigenvalue weighted by molar-refractivity contribution is 7.98. The summed E-state index contributed by atoms with van der Waals surface area (Å²) in [6.07, 6.45) is 2.79. The summed E-state index contributed by atoms with van der Waals surface area (Å²) >= 11 is 1.71. The van der Waals surface area contributed by atoms with Crippen LogP contribution in [0.25, 0.3) is 0 Å². The van der Waals surface area contributed by atoms with Crippen LogP contribution in [-0.2, 0) is 21.9 Å². The second kappa shape index (κ2) is 13.9. The third-order valence-corrected chi connectivity index (χ3v) is 6.08. The van der Waals surface area contributed by atoms with Gasteiger partial charge < -0.3 is 10.2 Å². The van der Waals surface area contributed by atoms with Gasteiger partial charge in [0, 0.05) is 31.0 Å². The lowest BCUT2D eigenvalue weighted by atomic mass is 10.1. The number of carbonyl (C=O) groups is 2. The van der Waals surface area contributed by atoms with Crippen molar-refractivity contribution >= 4 is 23.6 Å². The largest absolute Gasteiger partial charge is 0.354 e. The molecule has 0 unspecified atom stereocenters. The molecule has 0 aromatic heterocycles. The maximum atomic E-state index is 13.3. The Morgan fingerprint density at radius 3 is 2.39 bits per heavy atom. The van der Waals surface area contributed by atoms with E-state index in [0.717, 1.165) is 24.2 Å². The summed E-state index contributed by atoms with van der Waals surface area (Å²) < 4.78 is 13.3. The number of halogens is 1. The summed E-state index contributed by atoms with van der Waals surface area (Å²) in [5, 5.41) is 2.96. The number of rotatable bonds is 13. The van der Waals surface area contributed by atoms with Gasteiger partial charge in [0.15, 0.2) is 0 Å². The molecule has 2 aromatic rings. The van der Waals surface area contributed by atoms with Crippen molar-refractivity contribution in [1.82, 2.24) is 10.2 Å². The van der Waals surface area contributed by atoms with Crippen LogP contribution in [0.5, 0.6) is 0 Å². The summed E-state index contributed by atoms with van der Waals surface area (Å²) in [6.45, 7) is 4.89. The molecule has 0 aliphatic carbocycles. The van der Waals surface area contributed by atoms with E-state index in [1.165, 1.54) is 17.7 Å². The molecule has 31 heavy (non-hydrogen) atoms. The lowest BCUT2D eigenvalue weighted by Crippen LogP contribution is -2.49. The summed E-state index contributed by atoms with van der Waals surface area (Å²) in [7, 11) is 0. The van der Waals surface area contributed by atoms with E-state index in [1.807, 2.05) is 25.1 Å². The van der Waals surface area contributed by atoms with Crippen LogP contribution >= 0.6 is 11.8 Å². The molecular weight excluding hydrogens is 411 g/mol. The Bertz CT molecular complexity index is 799. The molecule has 1 atom stereocenters. The smallest absolute Gasteiger partial charge is 0.242 e.